The minimum atomic E-state index is -0.567. The van der Waals surface area contributed by atoms with Crippen LogP contribution in [0.15, 0.2) is 53.8 Å². The lowest BCUT2D eigenvalue weighted by Crippen LogP contribution is -2.47. The van der Waals surface area contributed by atoms with Crippen molar-refractivity contribution in [1.82, 2.24) is 9.97 Å². The number of hydrogen-bond donors (Lipinski definition) is 1. The molecule has 33 heavy (non-hydrogen) atoms. The van der Waals surface area contributed by atoms with Crippen LogP contribution in [-0.4, -0.2) is 47.8 Å². The number of aromatic nitrogens is 2. The summed E-state index contributed by atoms with van der Waals surface area (Å²) in [5, 5.41) is 3.54. The van der Waals surface area contributed by atoms with E-state index in [2.05, 4.69) is 57.1 Å². The molecule has 0 radical (unpaired) electrons. The summed E-state index contributed by atoms with van der Waals surface area (Å²) in [5.41, 5.74) is 3.98. The molecule has 0 atom stereocenters. The van der Waals surface area contributed by atoms with Gasteiger partial charge in [0, 0.05) is 49.3 Å². The van der Waals surface area contributed by atoms with Gasteiger partial charge < -0.3 is 15.1 Å². The minimum Gasteiger partial charge on any atom is -0.368 e. The fraction of sp³-hybridized carbons (Fsp3) is 0.292. The van der Waals surface area contributed by atoms with E-state index in [1.807, 2.05) is 0 Å². The Kier molecular flexibility index (Phi) is 7.35. The third-order valence-corrected chi connectivity index (χ3v) is 6.89. The number of carbonyl (C=O) groups is 1. The van der Waals surface area contributed by atoms with Gasteiger partial charge in [0.1, 0.15) is 10.8 Å². The first-order chi connectivity index (χ1) is 15.9. The fourth-order valence-corrected chi connectivity index (χ4v) is 4.73. The minimum absolute atomic E-state index is 0.0935. The van der Waals surface area contributed by atoms with Crippen LogP contribution in [0.25, 0.3) is 0 Å². The molecule has 1 fully saturated rings. The summed E-state index contributed by atoms with van der Waals surface area (Å²) in [6, 6.07) is 10.6. The molecule has 0 unspecified atom stereocenters. The molecular weight excluding hydrogens is 461 g/mol. The topological polar surface area (TPSA) is 61.4 Å². The first kappa shape index (κ1) is 23.3. The van der Waals surface area contributed by atoms with E-state index in [-0.39, 0.29) is 22.4 Å². The van der Waals surface area contributed by atoms with Gasteiger partial charge in [0.15, 0.2) is 5.82 Å². The molecule has 3 aromatic rings. The highest BCUT2D eigenvalue weighted by atomic mass is 35.5. The standard InChI is InChI=1S/C24H25ClFN5OS/c1-16-4-3-5-21(17(16)2)30-10-12-31(13-11-30)23-24(28-9-8-27-23)33-15-22(32)29-20-7-6-18(25)14-19(20)26/h3-9,14H,10-13,15H2,1-2H3,(H,29,32). The molecule has 172 valence electrons. The molecule has 1 N–H and O–H groups in total. The molecule has 9 heteroatoms. The van der Waals surface area contributed by atoms with E-state index in [1.54, 1.807) is 12.4 Å². The number of halogens is 2. The van der Waals surface area contributed by atoms with Crippen LogP contribution in [0.4, 0.5) is 21.6 Å². The Morgan fingerprint density at radius 1 is 1.09 bits per heavy atom. The van der Waals surface area contributed by atoms with Gasteiger partial charge in [-0.3, -0.25) is 4.79 Å². The first-order valence-electron chi connectivity index (χ1n) is 10.7. The lowest BCUT2D eigenvalue weighted by atomic mass is 10.1. The predicted molar refractivity (Wildman–Crippen MR) is 133 cm³/mol. The number of piperazine rings is 1. The zero-order valence-electron chi connectivity index (χ0n) is 18.5. The van der Waals surface area contributed by atoms with Crippen molar-refractivity contribution in [2.45, 2.75) is 18.9 Å². The van der Waals surface area contributed by atoms with Crippen molar-refractivity contribution < 1.29 is 9.18 Å². The van der Waals surface area contributed by atoms with Crippen LogP contribution in [0.5, 0.6) is 0 Å². The van der Waals surface area contributed by atoms with Gasteiger partial charge in [-0.05, 0) is 49.2 Å². The quantitative estimate of drug-likeness (QED) is 0.499. The van der Waals surface area contributed by atoms with Crippen molar-refractivity contribution in [2.75, 3.05) is 47.0 Å². The van der Waals surface area contributed by atoms with Gasteiger partial charge in [-0.1, -0.05) is 35.5 Å². The van der Waals surface area contributed by atoms with Crippen LogP contribution in [0, 0.1) is 19.7 Å². The summed E-state index contributed by atoms with van der Waals surface area (Å²) in [5.74, 6) is -0.0233. The number of rotatable bonds is 6. The molecule has 0 bridgehead atoms. The Labute approximate surface area is 202 Å². The smallest absolute Gasteiger partial charge is 0.234 e. The van der Waals surface area contributed by atoms with Gasteiger partial charge in [0.2, 0.25) is 5.91 Å². The normalized spacial score (nSPS) is 13.8. The van der Waals surface area contributed by atoms with Gasteiger partial charge in [0.25, 0.3) is 0 Å². The molecule has 2 heterocycles. The van der Waals surface area contributed by atoms with E-state index < -0.39 is 5.82 Å². The van der Waals surface area contributed by atoms with Gasteiger partial charge in [-0.25, -0.2) is 14.4 Å². The number of aryl methyl sites for hydroxylation is 1. The lowest BCUT2D eigenvalue weighted by molar-refractivity contribution is -0.113. The van der Waals surface area contributed by atoms with Crippen LogP contribution in [0.3, 0.4) is 0 Å². The van der Waals surface area contributed by atoms with Crippen molar-refractivity contribution in [2.24, 2.45) is 0 Å². The van der Waals surface area contributed by atoms with E-state index in [0.717, 1.165) is 32.0 Å². The third-order valence-electron chi connectivity index (χ3n) is 5.69. The van der Waals surface area contributed by atoms with E-state index >= 15 is 0 Å². The number of nitrogens with one attached hydrogen (secondary N) is 1. The van der Waals surface area contributed by atoms with E-state index in [1.165, 1.54) is 46.8 Å². The molecule has 0 spiro atoms. The van der Waals surface area contributed by atoms with Crippen LogP contribution in [0.2, 0.25) is 5.02 Å². The van der Waals surface area contributed by atoms with Crippen LogP contribution < -0.4 is 15.1 Å². The highest BCUT2D eigenvalue weighted by Gasteiger charge is 2.22. The maximum absolute atomic E-state index is 13.9. The summed E-state index contributed by atoms with van der Waals surface area (Å²) in [6.45, 7) is 7.66. The second kappa shape index (κ2) is 10.4. The average molecular weight is 486 g/mol. The SMILES string of the molecule is Cc1cccc(N2CCN(c3nccnc3SCC(=O)Nc3ccc(Cl)cc3F)CC2)c1C. The molecule has 1 aliphatic heterocycles. The second-order valence-corrected chi connectivity index (χ2v) is 9.24. The van der Waals surface area contributed by atoms with E-state index in [4.69, 9.17) is 11.6 Å². The van der Waals surface area contributed by atoms with Crippen molar-refractivity contribution >= 4 is 46.5 Å². The zero-order valence-corrected chi connectivity index (χ0v) is 20.1. The fourth-order valence-electron chi connectivity index (χ4n) is 3.79. The summed E-state index contributed by atoms with van der Waals surface area (Å²) in [6.07, 6.45) is 3.29. The molecule has 1 amide bonds. The van der Waals surface area contributed by atoms with Gasteiger partial charge in [0.05, 0.1) is 11.4 Å². The van der Waals surface area contributed by atoms with Crippen LogP contribution >= 0.6 is 23.4 Å². The molecule has 1 saturated heterocycles. The Hall–Kier alpha value is -2.84. The second-order valence-electron chi connectivity index (χ2n) is 7.84. The van der Waals surface area contributed by atoms with Crippen molar-refractivity contribution in [1.29, 1.82) is 0 Å². The predicted octanol–water partition coefficient (Wildman–Crippen LogP) is 4.94. The maximum atomic E-state index is 13.9. The van der Waals surface area contributed by atoms with Crippen molar-refractivity contribution in [3.8, 4) is 0 Å². The molecule has 4 rings (SSSR count). The van der Waals surface area contributed by atoms with Crippen LogP contribution in [-0.2, 0) is 4.79 Å². The zero-order chi connectivity index (χ0) is 23.4. The molecule has 2 aromatic carbocycles. The Morgan fingerprint density at radius 2 is 1.82 bits per heavy atom. The van der Waals surface area contributed by atoms with Gasteiger partial charge >= 0.3 is 0 Å². The molecule has 0 aliphatic carbocycles. The third kappa shape index (κ3) is 5.57. The van der Waals surface area contributed by atoms with E-state index in [9.17, 15) is 9.18 Å². The number of carbonyl (C=O) groups excluding carboxylic acids is 1. The summed E-state index contributed by atoms with van der Waals surface area (Å²) in [4.78, 5) is 25.9. The maximum Gasteiger partial charge on any atom is 0.234 e. The average Bonchev–Trinajstić information content (AvgIpc) is 2.82. The molecular formula is C24H25ClFN5OS. The number of anilines is 3. The Balaban J connectivity index is 1.38. The number of amides is 1. The number of nitrogens with zero attached hydrogens (tertiary/aromatic N) is 4. The molecule has 0 saturated carbocycles. The lowest BCUT2D eigenvalue weighted by Gasteiger charge is -2.37. The van der Waals surface area contributed by atoms with Crippen LogP contribution in [0.1, 0.15) is 11.1 Å². The Bertz CT molecular complexity index is 1150. The number of hydrogen-bond acceptors (Lipinski definition) is 6. The van der Waals surface area contributed by atoms with Gasteiger partial charge in [-0.15, -0.1) is 0 Å². The molecule has 1 aromatic heterocycles. The van der Waals surface area contributed by atoms with E-state index in [0.29, 0.717) is 5.03 Å². The summed E-state index contributed by atoms with van der Waals surface area (Å²) >= 11 is 7.05. The highest BCUT2D eigenvalue weighted by molar-refractivity contribution is 8.00. The molecule has 6 nitrogen and oxygen atoms in total. The monoisotopic (exact) mass is 485 g/mol. The van der Waals surface area contributed by atoms with Crippen molar-refractivity contribution in [3.05, 3.63) is 70.8 Å². The van der Waals surface area contributed by atoms with Crippen molar-refractivity contribution in [3.63, 3.8) is 0 Å². The number of thioether (sulfide) groups is 1. The molecule has 1 aliphatic rings. The Morgan fingerprint density at radius 3 is 2.58 bits per heavy atom. The first-order valence-corrected chi connectivity index (χ1v) is 12.0. The van der Waals surface area contributed by atoms with Gasteiger partial charge in [-0.2, -0.15) is 0 Å². The number of benzene rings is 2. The largest absolute Gasteiger partial charge is 0.368 e. The highest BCUT2D eigenvalue weighted by Crippen LogP contribution is 2.29. The summed E-state index contributed by atoms with van der Waals surface area (Å²) in [7, 11) is 0. The summed E-state index contributed by atoms with van der Waals surface area (Å²) < 4.78 is 13.9.